The predicted octanol–water partition coefficient (Wildman–Crippen LogP) is 2.87. The second-order valence-electron chi connectivity index (χ2n) is 6.23. The number of methoxy groups -OCH3 is 1. The van der Waals surface area contributed by atoms with Crippen LogP contribution in [0.1, 0.15) is 12.2 Å². The van der Waals surface area contributed by atoms with E-state index < -0.39 is 0 Å². The first kappa shape index (κ1) is 20.3. The third-order valence-electron chi connectivity index (χ3n) is 4.15. The molecule has 8 heteroatoms. The molecule has 0 aliphatic heterocycles. The molecule has 0 spiro atoms. The van der Waals surface area contributed by atoms with Crippen molar-refractivity contribution in [2.75, 3.05) is 32.7 Å². The second kappa shape index (κ2) is 10.8. The Morgan fingerprint density at radius 2 is 1.97 bits per heavy atom. The van der Waals surface area contributed by atoms with Gasteiger partial charge in [-0.1, -0.05) is 24.3 Å². The van der Waals surface area contributed by atoms with Crippen molar-refractivity contribution in [3.63, 3.8) is 0 Å². The molecule has 1 heterocycles. The summed E-state index contributed by atoms with van der Waals surface area (Å²) in [5, 5.41) is 14.8. The fourth-order valence-corrected chi connectivity index (χ4v) is 2.72. The molecule has 1 aromatic heterocycles. The summed E-state index contributed by atoms with van der Waals surface area (Å²) in [6, 6.07) is 17.7. The van der Waals surface area contributed by atoms with E-state index in [9.17, 15) is 0 Å². The Bertz CT molecular complexity index is 910. The van der Waals surface area contributed by atoms with Crippen LogP contribution in [-0.2, 0) is 11.3 Å². The number of rotatable bonds is 9. The van der Waals surface area contributed by atoms with Crippen molar-refractivity contribution in [3.8, 4) is 11.4 Å². The van der Waals surface area contributed by atoms with Crippen LogP contribution in [0.25, 0.3) is 5.69 Å². The van der Waals surface area contributed by atoms with E-state index in [0.717, 1.165) is 29.4 Å². The number of hydrogen-bond donors (Lipinski definition) is 2. The molecule has 0 amide bonds. The van der Waals surface area contributed by atoms with Crippen LogP contribution >= 0.6 is 0 Å². The van der Waals surface area contributed by atoms with E-state index in [2.05, 4.69) is 25.8 Å². The molecular weight excluding hydrogens is 368 g/mol. The molecule has 0 aliphatic carbocycles. The first-order valence-corrected chi connectivity index (χ1v) is 9.44. The zero-order chi connectivity index (χ0) is 20.3. The number of ether oxygens (including phenoxy) is 2. The van der Waals surface area contributed by atoms with Gasteiger partial charge in [-0.3, -0.25) is 9.56 Å². The molecule has 0 radical (unpaired) electrons. The smallest absolute Gasteiger partial charge is 0.195 e. The maximum Gasteiger partial charge on any atom is 0.195 e. The predicted molar refractivity (Wildman–Crippen MR) is 114 cm³/mol. The molecule has 3 rings (SSSR count). The van der Waals surface area contributed by atoms with Crippen molar-refractivity contribution in [2.24, 2.45) is 4.99 Å². The molecule has 0 atom stereocenters. The van der Waals surface area contributed by atoms with Gasteiger partial charge in [-0.2, -0.15) is 0 Å². The van der Waals surface area contributed by atoms with Gasteiger partial charge in [0.1, 0.15) is 12.1 Å². The van der Waals surface area contributed by atoms with E-state index in [1.807, 2.05) is 59.2 Å². The van der Waals surface area contributed by atoms with Crippen LogP contribution in [0.3, 0.4) is 0 Å². The number of para-hydroxylation sites is 1. The summed E-state index contributed by atoms with van der Waals surface area (Å²) >= 11 is 0. The molecule has 29 heavy (non-hydrogen) atoms. The Morgan fingerprint density at radius 3 is 2.76 bits per heavy atom. The highest BCUT2D eigenvalue weighted by molar-refractivity contribution is 5.93. The Kier molecular flexibility index (Phi) is 7.59. The average Bonchev–Trinajstić information content (AvgIpc) is 3.24. The SMILES string of the molecule is CN=C(NCc1nncn1-c1ccccc1)Nc1cccc(OCCCOC)c1. The largest absolute Gasteiger partial charge is 0.493 e. The van der Waals surface area contributed by atoms with E-state index in [0.29, 0.717) is 25.7 Å². The lowest BCUT2D eigenvalue weighted by Gasteiger charge is -2.13. The Balaban J connectivity index is 1.58. The van der Waals surface area contributed by atoms with E-state index in [-0.39, 0.29) is 0 Å². The molecule has 0 saturated heterocycles. The van der Waals surface area contributed by atoms with Gasteiger partial charge >= 0.3 is 0 Å². The summed E-state index contributed by atoms with van der Waals surface area (Å²) < 4.78 is 12.7. The standard InChI is InChI=1S/C21H26N6O2/c1-22-21(25-17-8-6-11-19(14-17)29-13-7-12-28-2)23-15-20-26-24-16-27(20)18-9-4-3-5-10-18/h3-6,8-11,14,16H,7,12-13,15H2,1-2H3,(H2,22,23,25). The third-order valence-corrected chi connectivity index (χ3v) is 4.15. The molecule has 2 aromatic carbocycles. The van der Waals surface area contributed by atoms with Crippen molar-refractivity contribution in [3.05, 3.63) is 66.7 Å². The van der Waals surface area contributed by atoms with Gasteiger partial charge in [-0.15, -0.1) is 10.2 Å². The number of guanidine groups is 1. The van der Waals surface area contributed by atoms with Crippen LogP contribution in [0.15, 0.2) is 65.9 Å². The van der Waals surface area contributed by atoms with Crippen LogP contribution < -0.4 is 15.4 Å². The number of aliphatic imine (C=N–C) groups is 1. The maximum absolute atomic E-state index is 5.75. The quantitative estimate of drug-likeness (QED) is 0.330. The lowest BCUT2D eigenvalue weighted by Crippen LogP contribution is -2.31. The summed E-state index contributed by atoms with van der Waals surface area (Å²) in [4.78, 5) is 4.28. The lowest BCUT2D eigenvalue weighted by atomic mass is 10.3. The molecule has 0 bridgehead atoms. The van der Waals surface area contributed by atoms with E-state index in [1.54, 1.807) is 20.5 Å². The lowest BCUT2D eigenvalue weighted by molar-refractivity contribution is 0.172. The summed E-state index contributed by atoms with van der Waals surface area (Å²) in [6.45, 7) is 1.77. The number of aromatic nitrogens is 3. The zero-order valence-corrected chi connectivity index (χ0v) is 16.7. The average molecular weight is 394 g/mol. The molecule has 8 nitrogen and oxygen atoms in total. The van der Waals surface area contributed by atoms with Crippen molar-refractivity contribution >= 4 is 11.6 Å². The highest BCUT2D eigenvalue weighted by Crippen LogP contribution is 2.17. The van der Waals surface area contributed by atoms with Crippen molar-refractivity contribution in [1.82, 2.24) is 20.1 Å². The van der Waals surface area contributed by atoms with Gasteiger partial charge in [0.25, 0.3) is 0 Å². The van der Waals surface area contributed by atoms with Gasteiger partial charge in [0.05, 0.1) is 13.2 Å². The summed E-state index contributed by atoms with van der Waals surface area (Å²) in [6.07, 6.45) is 2.55. The Morgan fingerprint density at radius 1 is 1.10 bits per heavy atom. The van der Waals surface area contributed by atoms with Crippen molar-refractivity contribution in [2.45, 2.75) is 13.0 Å². The molecular formula is C21H26N6O2. The van der Waals surface area contributed by atoms with Gasteiger partial charge < -0.3 is 20.1 Å². The number of nitrogens with one attached hydrogen (secondary N) is 2. The van der Waals surface area contributed by atoms with Crippen molar-refractivity contribution < 1.29 is 9.47 Å². The van der Waals surface area contributed by atoms with Crippen LogP contribution in [0, 0.1) is 0 Å². The Labute approximate surface area is 170 Å². The van der Waals surface area contributed by atoms with Crippen LogP contribution in [0.4, 0.5) is 5.69 Å². The normalized spacial score (nSPS) is 11.3. The highest BCUT2D eigenvalue weighted by atomic mass is 16.5. The van der Waals surface area contributed by atoms with E-state index >= 15 is 0 Å². The van der Waals surface area contributed by atoms with Crippen LogP contribution in [0.2, 0.25) is 0 Å². The fraction of sp³-hybridized carbons (Fsp3) is 0.286. The molecule has 0 aliphatic rings. The molecule has 152 valence electrons. The van der Waals surface area contributed by atoms with Crippen LogP contribution in [0.5, 0.6) is 5.75 Å². The monoisotopic (exact) mass is 394 g/mol. The van der Waals surface area contributed by atoms with Gasteiger partial charge in [0.15, 0.2) is 11.8 Å². The zero-order valence-electron chi connectivity index (χ0n) is 16.7. The minimum atomic E-state index is 0.474. The minimum absolute atomic E-state index is 0.474. The topological polar surface area (TPSA) is 85.6 Å². The third kappa shape index (κ3) is 6.05. The summed E-state index contributed by atoms with van der Waals surface area (Å²) in [5.41, 5.74) is 1.89. The minimum Gasteiger partial charge on any atom is -0.493 e. The summed E-state index contributed by atoms with van der Waals surface area (Å²) in [7, 11) is 3.41. The first-order chi connectivity index (χ1) is 14.3. The number of benzene rings is 2. The van der Waals surface area contributed by atoms with E-state index in [4.69, 9.17) is 9.47 Å². The summed E-state index contributed by atoms with van der Waals surface area (Å²) in [5.74, 6) is 2.21. The van der Waals surface area contributed by atoms with Gasteiger partial charge in [-0.05, 0) is 24.3 Å². The fourth-order valence-electron chi connectivity index (χ4n) is 2.72. The van der Waals surface area contributed by atoms with Gasteiger partial charge in [-0.25, -0.2) is 0 Å². The first-order valence-electron chi connectivity index (χ1n) is 9.44. The number of hydrogen-bond acceptors (Lipinski definition) is 5. The molecule has 0 saturated carbocycles. The maximum atomic E-state index is 5.75. The molecule has 0 fully saturated rings. The Hall–Kier alpha value is -3.39. The number of anilines is 1. The molecule has 0 unspecified atom stereocenters. The van der Waals surface area contributed by atoms with Gasteiger partial charge in [0.2, 0.25) is 0 Å². The molecule has 2 N–H and O–H groups in total. The number of nitrogens with zero attached hydrogens (tertiary/aromatic N) is 4. The van der Waals surface area contributed by atoms with Crippen molar-refractivity contribution in [1.29, 1.82) is 0 Å². The van der Waals surface area contributed by atoms with Crippen LogP contribution in [-0.4, -0.2) is 48.1 Å². The highest BCUT2D eigenvalue weighted by Gasteiger charge is 2.08. The van der Waals surface area contributed by atoms with Gasteiger partial charge in [0, 0.05) is 44.6 Å². The second-order valence-corrected chi connectivity index (χ2v) is 6.23. The van der Waals surface area contributed by atoms with E-state index in [1.165, 1.54) is 0 Å². The molecule has 3 aromatic rings.